The summed E-state index contributed by atoms with van der Waals surface area (Å²) >= 11 is 0. The molecule has 27 heavy (non-hydrogen) atoms. The van der Waals surface area contributed by atoms with Gasteiger partial charge in [-0.2, -0.15) is 4.98 Å². The summed E-state index contributed by atoms with van der Waals surface area (Å²) in [6.45, 7) is 5.20. The van der Waals surface area contributed by atoms with Crippen LogP contribution in [-0.4, -0.2) is 67.6 Å². The molecule has 0 unspecified atom stereocenters. The van der Waals surface area contributed by atoms with Gasteiger partial charge in [-0.1, -0.05) is 17.3 Å². The summed E-state index contributed by atoms with van der Waals surface area (Å²) < 4.78 is 16.1. The van der Waals surface area contributed by atoms with Crippen molar-refractivity contribution in [1.82, 2.24) is 15.0 Å². The van der Waals surface area contributed by atoms with Gasteiger partial charge in [0.1, 0.15) is 6.10 Å². The molecule has 2 heterocycles. The zero-order valence-corrected chi connectivity index (χ0v) is 16.1. The van der Waals surface area contributed by atoms with E-state index in [4.69, 9.17) is 14.0 Å². The Hall–Kier alpha value is -2.45. The topological polar surface area (TPSA) is 80.9 Å². The van der Waals surface area contributed by atoms with Crippen LogP contribution in [0, 0.1) is 6.92 Å². The molecule has 0 spiro atoms. The van der Waals surface area contributed by atoms with Gasteiger partial charge < -0.3 is 18.9 Å². The fraction of sp³-hybridized carbons (Fsp3) is 0.526. The van der Waals surface area contributed by atoms with Crippen molar-refractivity contribution in [2.75, 3.05) is 45.3 Å². The maximum atomic E-state index is 12.7. The largest absolute Gasteiger partial charge is 0.446 e. The van der Waals surface area contributed by atoms with E-state index in [9.17, 15) is 4.79 Å². The van der Waals surface area contributed by atoms with E-state index in [1.54, 1.807) is 21.1 Å². The van der Waals surface area contributed by atoms with Crippen molar-refractivity contribution >= 4 is 11.8 Å². The summed E-state index contributed by atoms with van der Waals surface area (Å²) in [5.41, 5.74) is 1.37. The molecule has 3 rings (SSSR count). The SMILES string of the molecule is COCCN1CCC(OC(=O)N(C)c2ccccc2-c2nc(C)no2)CC1. The Morgan fingerprint density at radius 2 is 2.07 bits per heavy atom. The zero-order valence-electron chi connectivity index (χ0n) is 16.1. The Morgan fingerprint density at radius 1 is 1.33 bits per heavy atom. The van der Waals surface area contributed by atoms with Gasteiger partial charge in [0.25, 0.3) is 5.89 Å². The minimum Gasteiger partial charge on any atom is -0.446 e. The Kier molecular flexibility index (Phi) is 6.41. The van der Waals surface area contributed by atoms with Gasteiger partial charge in [-0.15, -0.1) is 0 Å². The van der Waals surface area contributed by atoms with E-state index in [0.29, 0.717) is 23.0 Å². The highest BCUT2D eigenvalue weighted by atomic mass is 16.6. The number of carbonyl (C=O) groups is 1. The van der Waals surface area contributed by atoms with Crippen LogP contribution in [0.15, 0.2) is 28.8 Å². The summed E-state index contributed by atoms with van der Waals surface area (Å²) in [6, 6.07) is 7.41. The van der Waals surface area contributed by atoms with Gasteiger partial charge >= 0.3 is 6.09 Å². The van der Waals surface area contributed by atoms with Gasteiger partial charge in [-0.3, -0.25) is 4.90 Å². The van der Waals surface area contributed by atoms with E-state index in [1.165, 1.54) is 4.90 Å². The summed E-state index contributed by atoms with van der Waals surface area (Å²) in [5, 5.41) is 3.83. The van der Waals surface area contributed by atoms with E-state index in [0.717, 1.165) is 39.1 Å². The number of hydrogen-bond acceptors (Lipinski definition) is 7. The Balaban J connectivity index is 1.62. The number of carbonyl (C=O) groups excluding carboxylic acids is 1. The summed E-state index contributed by atoms with van der Waals surface area (Å²) in [4.78, 5) is 20.7. The summed E-state index contributed by atoms with van der Waals surface area (Å²) in [7, 11) is 3.40. The molecule has 0 N–H and O–H groups in total. The normalized spacial score (nSPS) is 15.7. The van der Waals surface area contributed by atoms with Gasteiger partial charge in [-0.25, -0.2) is 4.79 Å². The van der Waals surface area contributed by atoms with Crippen LogP contribution in [0.1, 0.15) is 18.7 Å². The number of ether oxygens (including phenoxy) is 2. The fourth-order valence-corrected chi connectivity index (χ4v) is 3.14. The monoisotopic (exact) mass is 374 g/mol. The average Bonchev–Trinajstić information content (AvgIpc) is 3.13. The van der Waals surface area contributed by atoms with Crippen molar-refractivity contribution in [2.24, 2.45) is 0 Å². The number of aromatic nitrogens is 2. The third-order valence-electron chi connectivity index (χ3n) is 4.71. The van der Waals surface area contributed by atoms with Gasteiger partial charge in [0, 0.05) is 33.8 Å². The molecule has 146 valence electrons. The molecule has 1 saturated heterocycles. The molecule has 8 nitrogen and oxygen atoms in total. The first-order valence-corrected chi connectivity index (χ1v) is 9.14. The molecule has 1 aliphatic rings. The van der Waals surface area contributed by atoms with Crippen LogP contribution >= 0.6 is 0 Å². The minimum atomic E-state index is -0.381. The highest BCUT2D eigenvalue weighted by Gasteiger charge is 2.25. The molecule has 0 bridgehead atoms. The number of amides is 1. The maximum Gasteiger partial charge on any atom is 0.414 e. The molecule has 0 saturated carbocycles. The number of aryl methyl sites for hydroxylation is 1. The lowest BCUT2D eigenvalue weighted by Gasteiger charge is -2.32. The van der Waals surface area contributed by atoms with Crippen LogP contribution in [0.4, 0.5) is 10.5 Å². The number of para-hydroxylation sites is 1. The Labute approximate surface area is 159 Å². The fourth-order valence-electron chi connectivity index (χ4n) is 3.14. The molecule has 0 aliphatic carbocycles. The standard InChI is InChI=1S/C19H26N4O4/c1-14-20-18(27-21-14)16-6-4-5-7-17(16)22(2)19(24)26-15-8-10-23(11-9-15)12-13-25-3/h4-7,15H,8-13H2,1-3H3. The molecule has 1 aliphatic heterocycles. The second kappa shape index (κ2) is 8.96. The van der Waals surface area contributed by atoms with Crippen molar-refractivity contribution in [1.29, 1.82) is 0 Å². The summed E-state index contributed by atoms with van der Waals surface area (Å²) in [5.74, 6) is 0.930. The number of anilines is 1. The van der Waals surface area contributed by atoms with Gasteiger partial charge in [0.05, 0.1) is 17.9 Å². The highest BCUT2D eigenvalue weighted by Crippen LogP contribution is 2.29. The van der Waals surface area contributed by atoms with Crippen molar-refractivity contribution in [2.45, 2.75) is 25.9 Å². The molecule has 1 fully saturated rings. The van der Waals surface area contributed by atoms with Crippen molar-refractivity contribution in [3.63, 3.8) is 0 Å². The van der Waals surface area contributed by atoms with E-state index < -0.39 is 0 Å². The summed E-state index contributed by atoms with van der Waals surface area (Å²) in [6.07, 6.45) is 1.20. The quantitative estimate of drug-likeness (QED) is 0.769. The third kappa shape index (κ3) is 4.84. The number of piperidine rings is 1. The van der Waals surface area contributed by atoms with Crippen molar-refractivity contribution in [3.05, 3.63) is 30.1 Å². The van der Waals surface area contributed by atoms with Crippen LogP contribution in [0.5, 0.6) is 0 Å². The number of methoxy groups -OCH3 is 1. The second-order valence-corrected chi connectivity index (χ2v) is 6.64. The van der Waals surface area contributed by atoms with Gasteiger partial charge in [0.15, 0.2) is 5.82 Å². The average molecular weight is 374 g/mol. The smallest absolute Gasteiger partial charge is 0.414 e. The number of benzene rings is 1. The maximum absolute atomic E-state index is 12.7. The van der Waals surface area contributed by atoms with E-state index in [1.807, 2.05) is 24.3 Å². The van der Waals surface area contributed by atoms with Crippen molar-refractivity contribution < 1.29 is 18.8 Å². The second-order valence-electron chi connectivity index (χ2n) is 6.64. The van der Waals surface area contributed by atoms with Gasteiger partial charge in [0.2, 0.25) is 0 Å². The number of likely N-dealkylation sites (tertiary alicyclic amines) is 1. The van der Waals surface area contributed by atoms with Crippen LogP contribution in [0.3, 0.4) is 0 Å². The number of nitrogens with zero attached hydrogens (tertiary/aromatic N) is 4. The Bertz CT molecular complexity index is 756. The van der Waals surface area contributed by atoms with Gasteiger partial charge in [-0.05, 0) is 31.9 Å². The van der Waals surface area contributed by atoms with Crippen LogP contribution < -0.4 is 4.90 Å². The molecule has 1 aromatic carbocycles. The predicted octanol–water partition coefficient (Wildman–Crippen LogP) is 2.73. The molecule has 0 atom stereocenters. The molecule has 1 aromatic heterocycles. The first-order chi connectivity index (χ1) is 13.1. The first-order valence-electron chi connectivity index (χ1n) is 9.14. The highest BCUT2D eigenvalue weighted by molar-refractivity contribution is 5.92. The van der Waals surface area contributed by atoms with E-state index >= 15 is 0 Å². The molecule has 0 radical (unpaired) electrons. The molecular formula is C19H26N4O4. The third-order valence-corrected chi connectivity index (χ3v) is 4.71. The Morgan fingerprint density at radius 3 is 2.74 bits per heavy atom. The molecule has 8 heteroatoms. The molecular weight excluding hydrogens is 348 g/mol. The number of hydrogen-bond donors (Lipinski definition) is 0. The van der Waals surface area contributed by atoms with Crippen LogP contribution in [0.25, 0.3) is 11.5 Å². The van der Waals surface area contributed by atoms with Crippen molar-refractivity contribution in [3.8, 4) is 11.5 Å². The molecule has 1 amide bonds. The first kappa shape index (κ1) is 19.3. The minimum absolute atomic E-state index is 0.0726. The molecule has 2 aromatic rings. The predicted molar refractivity (Wildman–Crippen MR) is 101 cm³/mol. The lowest BCUT2D eigenvalue weighted by Crippen LogP contribution is -2.41. The van der Waals surface area contributed by atoms with E-state index in [-0.39, 0.29) is 12.2 Å². The van der Waals surface area contributed by atoms with E-state index in [2.05, 4.69) is 15.0 Å². The van der Waals surface area contributed by atoms with Crippen LogP contribution in [-0.2, 0) is 9.47 Å². The lowest BCUT2D eigenvalue weighted by atomic mass is 10.1. The number of rotatable bonds is 6. The van der Waals surface area contributed by atoms with Crippen LogP contribution in [0.2, 0.25) is 0 Å². The zero-order chi connectivity index (χ0) is 19.2. The lowest BCUT2D eigenvalue weighted by molar-refractivity contribution is 0.0469.